The third-order valence-corrected chi connectivity index (χ3v) is 5.97. The number of sulfonamides is 1. The molecule has 2 rings (SSSR count). The maximum absolute atomic E-state index is 13.8. The van der Waals surface area contributed by atoms with Crippen LogP contribution in [0, 0.1) is 11.7 Å². The van der Waals surface area contributed by atoms with Crippen LogP contribution in [-0.4, -0.2) is 31.6 Å². The summed E-state index contributed by atoms with van der Waals surface area (Å²) in [5.41, 5.74) is 0. The molecule has 0 N–H and O–H groups in total. The minimum Gasteiger partial charge on any atom is -0.300 e. The third-order valence-electron chi connectivity index (χ3n) is 3.54. The minimum atomic E-state index is -3.83. The second-order valence-corrected chi connectivity index (χ2v) is 7.69. The van der Waals surface area contributed by atoms with Crippen LogP contribution in [-0.2, 0) is 14.8 Å². The van der Waals surface area contributed by atoms with Crippen molar-refractivity contribution >= 4 is 31.7 Å². The number of carbonyl (C=O) groups is 1. The van der Waals surface area contributed by atoms with Gasteiger partial charge in [0.05, 0.1) is 0 Å². The van der Waals surface area contributed by atoms with Crippen LogP contribution < -0.4 is 0 Å². The molecular formula is C13H15BrFNO3S. The number of ketones is 1. The lowest BCUT2D eigenvalue weighted by Crippen LogP contribution is -2.40. The number of rotatable bonds is 3. The number of nitrogens with zero attached hydrogens (tertiary/aromatic N) is 1. The van der Waals surface area contributed by atoms with Gasteiger partial charge in [-0.05, 0) is 38.0 Å². The molecule has 0 spiro atoms. The van der Waals surface area contributed by atoms with Gasteiger partial charge in [0, 0.05) is 23.5 Å². The molecule has 4 nitrogen and oxygen atoms in total. The molecule has 110 valence electrons. The molecule has 20 heavy (non-hydrogen) atoms. The molecule has 1 aliphatic heterocycles. The Kier molecular flexibility index (Phi) is 4.61. The smallest absolute Gasteiger partial charge is 0.245 e. The first-order chi connectivity index (χ1) is 9.32. The van der Waals surface area contributed by atoms with Crippen LogP contribution in [0.5, 0.6) is 0 Å². The van der Waals surface area contributed by atoms with Crippen LogP contribution in [0.3, 0.4) is 0 Å². The van der Waals surface area contributed by atoms with Crippen LogP contribution in [0.15, 0.2) is 27.6 Å². The van der Waals surface area contributed by atoms with Crippen molar-refractivity contribution in [3.63, 3.8) is 0 Å². The van der Waals surface area contributed by atoms with Gasteiger partial charge in [-0.2, -0.15) is 4.31 Å². The molecule has 0 unspecified atom stereocenters. The third kappa shape index (κ3) is 3.10. The molecule has 0 atom stereocenters. The van der Waals surface area contributed by atoms with E-state index in [1.165, 1.54) is 23.4 Å². The molecule has 0 radical (unpaired) electrons. The van der Waals surface area contributed by atoms with Crippen molar-refractivity contribution in [2.24, 2.45) is 5.92 Å². The average Bonchev–Trinajstić information content (AvgIpc) is 2.38. The Labute approximate surface area is 126 Å². The highest BCUT2D eigenvalue weighted by atomic mass is 79.9. The van der Waals surface area contributed by atoms with Gasteiger partial charge in [0.2, 0.25) is 10.0 Å². The number of Topliss-reactive ketones (excluding diaryl/α,β-unsaturated/α-hetero) is 1. The summed E-state index contributed by atoms with van der Waals surface area (Å²) in [5, 5.41) is 0. The molecule has 0 saturated carbocycles. The number of halogens is 2. The second kappa shape index (κ2) is 5.91. The van der Waals surface area contributed by atoms with E-state index in [1.807, 2.05) is 0 Å². The number of piperidine rings is 1. The molecule has 0 amide bonds. The van der Waals surface area contributed by atoms with Gasteiger partial charge >= 0.3 is 0 Å². The summed E-state index contributed by atoms with van der Waals surface area (Å²) in [6.07, 6.45) is 0.986. The number of hydrogen-bond acceptors (Lipinski definition) is 3. The first-order valence-electron chi connectivity index (χ1n) is 6.28. The summed E-state index contributed by atoms with van der Waals surface area (Å²) in [5.74, 6) is -0.777. The van der Waals surface area contributed by atoms with E-state index >= 15 is 0 Å². The van der Waals surface area contributed by atoms with E-state index in [0.717, 1.165) is 6.07 Å². The van der Waals surface area contributed by atoms with Crippen LogP contribution in [0.1, 0.15) is 19.8 Å². The molecule has 1 aliphatic rings. The number of hydrogen-bond donors (Lipinski definition) is 0. The normalized spacial score (nSPS) is 18.1. The Bertz CT molecular complexity index is 625. The Morgan fingerprint density at radius 2 is 1.95 bits per heavy atom. The zero-order valence-corrected chi connectivity index (χ0v) is 13.4. The number of carbonyl (C=O) groups excluding carboxylic acids is 1. The largest absolute Gasteiger partial charge is 0.300 e. The van der Waals surface area contributed by atoms with E-state index in [4.69, 9.17) is 0 Å². The fourth-order valence-corrected chi connectivity index (χ4v) is 4.17. The predicted molar refractivity (Wildman–Crippen MR) is 76.3 cm³/mol. The van der Waals surface area contributed by atoms with Crippen molar-refractivity contribution in [3.8, 4) is 0 Å². The number of benzene rings is 1. The monoisotopic (exact) mass is 363 g/mol. The highest BCUT2D eigenvalue weighted by molar-refractivity contribution is 9.10. The predicted octanol–water partition coefficient (Wildman–Crippen LogP) is 2.58. The van der Waals surface area contributed by atoms with E-state index in [0.29, 0.717) is 17.3 Å². The van der Waals surface area contributed by atoms with Gasteiger partial charge in [-0.15, -0.1) is 0 Å². The van der Waals surface area contributed by atoms with Crippen molar-refractivity contribution in [1.82, 2.24) is 4.31 Å². The maximum Gasteiger partial charge on any atom is 0.245 e. The van der Waals surface area contributed by atoms with Crippen LogP contribution >= 0.6 is 15.9 Å². The van der Waals surface area contributed by atoms with Gasteiger partial charge in [0.15, 0.2) is 0 Å². The summed E-state index contributed by atoms with van der Waals surface area (Å²) < 4.78 is 40.3. The van der Waals surface area contributed by atoms with Gasteiger partial charge in [-0.25, -0.2) is 12.8 Å². The Balaban J connectivity index is 2.22. The molecule has 0 aliphatic carbocycles. The van der Waals surface area contributed by atoms with Crippen LogP contribution in [0.25, 0.3) is 0 Å². The lowest BCUT2D eigenvalue weighted by atomic mass is 9.95. The molecule has 7 heteroatoms. The van der Waals surface area contributed by atoms with Gasteiger partial charge in [-0.1, -0.05) is 15.9 Å². The van der Waals surface area contributed by atoms with Crippen molar-refractivity contribution in [2.75, 3.05) is 13.1 Å². The average molecular weight is 364 g/mol. The molecule has 1 fully saturated rings. The summed E-state index contributed by atoms with van der Waals surface area (Å²) in [6.45, 7) is 2.02. The first-order valence-corrected chi connectivity index (χ1v) is 8.51. The molecule has 1 saturated heterocycles. The zero-order valence-electron chi connectivity index (χ0n) is 11.0. The Morgan fingerprint density at radius 1 is 1.35 bits per heavy atom. The van der Waals surface area contributed by atoms with Gasteiger partial charge < -0.3 is 0 Å². The summed E-state index contributed by atoms with van der Waals surface area (Å²) in [4.78, 5) is 11.0. The lowest BCUT2D eigenvalue weighted by molar-refractivity contribution is -0.121. The van der Waals surface area contributed by atoms with Gasteiger partial charge in [0.1, 0.15) is 16.5 Å². The van der Waals surface area contributed by atoms with Crippen molar-refractivity contribution in [2.45, 2.75) is 24.7 Å². The van der Waals surface area contributed by atoms with E-state index in [1.54, 1.807) is 0 Å². The summed E-state index contributed by atoms with van der Waals surface area (Å²) in [7, 11) is -3.83. The zero-order chi connectivity index (χ0) is 14.9. The fraction of sp³-hybridized carbons (Fsp3) is 0.462. The van der Waals surface area contributed by atoms with Crippen molar-refractivity contribution in [3.05, 3.63) is 28.5 Å². The molecule has 1 aromatic rings. The highest BCUT2D eigenvalue weighted by Gasteiger charge is 2.32. The SMILES string of the molecule is CC(=O)C1CCN(S(=O)(=O)c2ccc(Br)cc2F)CC1. The highest BCUT2D eigenvalue weighted by Crippen LogP contribution is 2.27. The molecule has 0 bridgehead atoms. The summed E-state index contributed by atoms with van der Waals surface area (Å²) >= 11 is 3.10. The van der Waals surface area contributed by atoms with Crippen molar-refractivity contribution in [1.29, 1.82) is 0 Å². The standard InChI is InChI=1S/C13H15BrFNO3S/c1-9(17)10-4-6-16(7-5-10)20(18,19)13-3-2-11(14)8-12(13)15/h2-3,8,10H,4-7H2,1H3. The molecule has 1 aromatic carbocycles. The van der Waals surface area contributed by atoms with E-state index in [2.05, 4.69) is 15.9 Å². The first kappa shape index (κ1) is 15.6. The van der Waals surface area contributed by atoms with Crippen LogP contribution in [0.2, 0.25) is 0 Å². The molecule has 0 aromatic heterocycles. The fourth-order valence-electron chi connectivity index (χ4n) is 2.33. The van der Waals surface area contributed by atoms with E-state index in [-0.39, 0.29) is 29.7 Å². The van der Waals surface area contributed by atoms with Crippen molar-refractivity contribution < 1.29 is 17.6 Å². The molecular weight excluding hydrogens is 349 g/mol. The van der Waals surface area contributed by atoms with Crippen LogP contribution in [0.4, 0.5) is 4.39 Å². The molecule has 1 heterocycles. The van der Waals surface area contributed by atoms with Gasteiger partial charge in [-0.3, -0.25) is 4.79 Å². The summed E-state index contributed by atoms with van der Waals surface area (Å²) in [6, 6.07) is 3.89. The maximum atomic E-state index is 13.8. The van der Waals surface area contributed by atoms with E-state index < -0.39 is 15.8 Å². The Hall–Kier alpha value is -0.790. The second-order valence-electron chi connectivity index (χ2n) is 4.86. The minimum absolute atomic E-state index is 0.0804. The topological polar surface area (TPSA) is 54.5 Å². The van der Waals surface area contributed by atoms with E-state index in [9.17, 15) is 17.6 Å². The Morgan fingerprint density at radius 3 is 2.45 bits per heavy atom. The lowest BCUT2D eigenvalue weighted by Gasteiger charge is -2.30. The quantitative estimate of drug-likeness (QED) is 0.829. The van der Waals surface area contributed by atoms with Gasteiger partial charge in [0.25, 0.3) is 0 Å².